The van der Waals surface area contributed by atoms with E-state index < -0.39 is 0 Å². The van der Waals surface area contributed by atoms with Gasteiger partial charge in [-0.3, -0.25) is 4.79 Å². The fourth-order valence-electron chi connectivity index (χ4n) is 2.71. The van der Waals surface area contributed by atoms with Gasteiger partial charge in [-0.1, -0.05) is 25.1 Å². The van der Waals surface area contributed by atoms with Crippen molar-refractivity contribution in [1.29, 1.82) is 0 Å². The van der Waals surface area contributed by atoms with Crippen LogP contribution in [0.3, 0.4) is 0 Å². The van der Waals surface area contributed by atoms with E-state index in [1.54, 1.807) is 17.0 Å². The van der Waals surface area contributed by atoms with Gasteiger partial charge in [-0.05, 0) is 52.2 Å². The topological polar surface area (TPSA) is 32.3 Å². The third-order valence-electron chi connectivity index (χ3n) is 3.75. The summed E-state index contributed by atoms with van der Waals surface area (Å²) < 4.78 is 13.9. The molecule has 3 rings (SSSR count). The minimum absolute atomic E-state index is 0.00153. The molecule has 1 heterocycles. The molecule has 0 radical (unpaired) electrons. The van der Waals surface area contributed by atoms with Crippen LogP contribution in [-0.2, 0) is 0 Å². The van der Waals surface area contributed by atoms with Gasteiger partial charge in [0.1, 0.15) is 12.0 Å². The zero-order valence-corrected chi connectivity index (χ0v) is 13.7. The minimum atomic E-state index is -0.312. The van der Waals surface area contributed by atoms with Gasteiger partial charge in [-0.2, -0.15) is 0 Å². The van der Waals surface area contributed by atoms with Crippen LogP contribution >= 0.6 is 15.9 Å². The van der Waals surface area contributed by atoms with Crippen molar-refractivity contribution in [3.05, 3.63) is 63.9 Å². The zero-order chi connectivity index (χ0) is 15.7. The Balaban J connectivity index is 2.05. The first-order valence-corrected chi connectivity index (χ1v) is 8.02. The fraction of sp³-hybridized carbons (Fsp3) is 0.235. The van der Waals surface area contributed by atoms with Gasteiger partial charge in [0, 0.05) is 12.2 Å². The average molecular weight is 363 g/mol. The van der Waals surface area contributed by atoms with E-state index in [0.717, 1.165) is 17.7 Å². The van der Waals surface area contributed by atoms with Gasteiger partial charge in [-0.25, -0.2) is 4.39 Å². The summed E-state index contributed by atoms with van der Waals surface area (Å²) in [6, 6.07) is 12.3. The molecular formula is C17H16BrFN2O. The molecule has 0 aromatic heterocycles. The summed E-state index contributed by atoms with van der Waals surface area (Å²) >= 11 is 3.21. The molecule has 0 bridgehead atoms. The van der Waals surface area contributed by atoms with Gasteiger partial charge >= 0.3 is 0 Å². The molecule has 0 saturated carbocycles. The highest BCUT2D eigenvalue weighted by molar-refractivity contribution is 9.10. The third-order valence-corrected chi connectivity index (χ3v) is 4.35. The number of fused-ring (bicyclic) bond motifs is 1. The number of halogens is 2. The Morgan fingerprint density at radius 1 is 1.27 bits per heavy atom. The van der Waals surface area contributed by atoms with E-state index in [1.807, 2.05) is 31.2 Å². The third kappa shape index (κ3) is 2.61. The molecule has 1 atom stereocenters. The molecule has 114 valence electrons. The Labute approximate surface area is 137 Å². The monoisotopic (exact) mass is 362 g/mol. The number of para-hydroxylation sites is 1. The highest BCUT2D eigenvalue weighted by atomic mass is 79.9. The highest BCUT2D eigenvalue weighted by Gasteiger charge is 2.32. The van der Waals surface area contributed by atoms with E-state index in [1.165, 1.54) is 6.07 Å². The maximum atomic E-state index is 13.5. The Hall–Kier alpha value is -1.88. The molecule has 1 aliphatic rings. The quantitative estimate of drug-likeness (QED) is 0.867. The van der Waals surface area contributed by atoms with Crippen molar-refractivity contribution in [2.45, 2.75) is 19.5 Å². The second-order valence-electron chi connectivity index (χ2n) is 5.26. The molecule has 22 heavy (non-hydrogen) atoms. The lowest BCUT2D eigenvalue weighted by molar-refractivity contribution is 0.0683. The molecule has 0 saturated heterocycles. The summed E-state index contributed by atoms with van der Waals surface area (Å²) in [4.78, 5) is 14.5. The lowest BCUT2D eigenvalue weighted by Gasteiger charge is -2.38. The van der Waals surface area contributed by atoms with Gasteiger partial charge in [0.25, 0.3) is 5.91 Å². The number of carbonyl (C=O) groups is 1. The fourth-order valence-corrected chi connectivity index (χ4v) is 3.11. The Kier molecular flexibility index (Phi) is 4.16. The first kappa shape index (κ1) is 15.0. The lowest BCUT2D eigenvalue weighted by Crippen LogP contribution is -2.43. The number of anilines is 1. The lowest BCUT2D eigenvalue weighted by atomic mass is 10.0. The number of nitrogens with zero attached hydrogens (tertiary/aromatic N) is 1. The van der Waals surface area contributed by atoms with Crippen molar-refractivity contribution < 1.29 is 9.18 Å². The minimum Gasteiger partial charge on any atom is -0.361 e. The Morgan fingerprint density at radius 2 is 2.05 bits per heavy atom. The molecule has 1 N–H and O–H groups in total. The van der Waals surface area contributed by atoms with Gasteiger partial charge in [0.05, 0.1) is 10.0 Å². The number of benzene rings is 2. The molecule has 5 heteroatoms. The number of rotatable bonds is 3. The summed E-state index contributed by atoms with van der Waals surface area (Å²) in [7, 11) is 0. The second kappa shape index (κ2) is 6.08. The van der Waals surface area contributed by atoms with E-state index >= 15 is 0 Å². The van der Waals surface area contributed by atoms with Crippen LogP contribution in [0.1, 0.15) is 35.4 Å². The first-order chi connectivity index (χ1) is 10.6. The number of hydrogen-bond acceptors (Lipinski definition) is 2. The van der Waals surface area contributed by atoms with Crippen molar-refractivity contribution in [3.63, 3.8) is 0 Å². The summed E-state index contributed by atoms with van der Waals surface area (Å²) in [5.74, 6) is -0.310. The van der Waals surface area contributed by atoms with Crippen molar-refractivity contribution in [2.75, 3.05) is 11.9 Å². The largest absolute Gasteiger partial charge is 0.361 e. The average Bonchev–Trinajstić information content (AvgIpc) is 2.53. The van der Waals surface area contributed by atoms with Crippen LogP contribution in [-0.4, -0.2) is 17.4 Å². The van der Waals surface area contributed by atoms with Crippen LogP contribution in [0.15, 0.2) is 46.9 Å². The summed E-state index contributed by atoms with van der Waals surface area (Å²) in [5, 5.41) is 3.39. The SMILES string of the molecule is CCCN1C(=O)c2ccccc2N[C@@H]1c1ccc(F)c(Br)c1. The van der Waals surface area contributed by atoms with Crippen molar-refractivity contribution in [2.24, 2.45) is 0 Å². The highest BCUT2D eigenvalue weighted by Crippen LogP contribution is 2.34. The summed E-state index contributed by atoms with van der Waals surface area (Å²) in [6.07, 6.45) is 0.563. The smallest absolute Gasteiger partial charge is 0.257 e. The number of nitrogens with one attached hydrogen (secondary N) is 1. The first-order valence-electron chi connectivity index (χ1n) is 7.23. The molecule has 0 fully saturated rings. The molecule has 3 nitrogen and oxygen atoms in total. The van der Waals surface area contributed by atoms with E-state index in [9.17, 15) is 9.18 Å². The second-order valence-corrected chi connectivity index (χ2v) is 6.12. The van der Waals surface area contributed by atoms with E-state index in [-0.39, 0.29) is 17.9 Å². The van der Waals surface area contributed by atoms with Crippen molar-refractivity contribution >= 4 is 27.5 Å². The van der Waals surface area contributed by atoms with Crippen LogP contribution < -0.4 is 5.32 Å². The maximum Gasteiger partial charge on any atom is 0.257 e. The summed E-state index contributed by atoms with van der Waals surface area (Å²) in [5.41, 5.74) is 2.34. The van der Waals surface area contributed by atoms with Gasteiger partial charge in [0.15, 0.2) is 0 Å². The molecular weight excluding hydrogens is 347 g/mol. The van der Waals surface area contributed by atoms with Gasteiger partial charge in [0.2, 0.25) is 0 Å². The standard InChI is InChI=1S/C17H16BrFN2O/c1-2-9-21-16(11-7-8-14(19)13(18)10-11)20-15-6-4-3-5-12(15)17(21)22/h3-8,10,16,20H,2,9H2,1H3/t16-/m0/s1. The van der Waals surface area contributed by atoms with Crippen molar-refractivity contribution in [1.82, 2.24) is 4.90 Å². The number of hydrogen-bond donors (Lipinski definition) is 1. The molecule has 0 unspecified atom stereocenters. The van der Waals surface area contributed by atoms with Gasteiger partial charge in [-0.15, -0.1) is 0 Å². The molecule has 2 aromatic rings. The van der Waals surface area contributed by atoms with Crippen LogP contribution in [0.2, 0.25) is 0 Å². The Morgan fingerprint density at radius 3 is 2.77 bits per heavy atom. The molecule has 1 aliphatic heterocycles. The van der Waals surface area contributed by atoms with Crippen molar-refractivity contribution in [3.8, 4) is 0 Å². The van der Waals surface area contributed by atoms with Gasteiger partial charge < -0.3 is 10.2 Å². The molecule has 1 amide bonds. The van der Waals surface area contributed by atoms with E-state index in [2.05, 4.69) is 21.2 Å². The molecule has 2 aromatic carbocycles. The van der Waals surface area contributed by atoms with Crippen LogP contribution in [0.4, 0.5) is 10.1 Å². The predicted molar refractivity (Wildman–Crippen MR) is 88.2 cm³/mol. The van der Waals surface area contributed by atoms with Crippen LogP contribution in [0, 0.1) is 5.82 Å². The zero-order valence-electron chi connectivity index (χ0n) is 12.1. The summed E-state index contributed by atoms with van der Waals surface area (Å²) in [6.45, 7) is 2.67. The van der Waals surface area contributed by atoms with E-state index in [0.29, 0.717) is 16.6 Å². The van der Waals surface area contributed by atoms with E-state index in [4.69, 9.17) is 0 Å². The Bertz CT molecular complexity index is 720. The number of amides is 1. The maximum absolute atomic E-state index is 13.5. The van der Waals surface area contributed by atoms with Crippen LogP contribution in [0.25, 0.3) is 0 Å². The van der Waals surface area contributed by atoms with Crippen LogP contribution in [0.5, 0.6) is 0 Å². The predicted octanol–water partition coefficient (Wildman–Crippen LogP) is 4.56. The molecule has 0 aliphatic carbocycles. The molecule has 0 spiro atoms. The number of carbonyl (C=O) groups excluding carboxylic acids is 1. The normalized spacial score (nSPS) is 17.1.